The van der Waals surface area contributed by atoms with Gasteiger partial charge in [-0.05, 0) is 38.1 Å². The molecule has 27 heavy (non-hydrogen) atoms. The molecule has 2 aromatic carbocycles. The first kappa shape index (κ1) is 18.5. The summed E-state index contributed by atoms with van der Waals surface area (Å²) in [6, 6.07) is 9.90. The van der Waals surface area contributed by atoms with Gasteiger partial charge in [0.05, 0.1) is 20.1 Å². The number of rotatable bonds is 5. The molecule has 0 aliphatic rings. The number of hydrogen-bond donors (Lipinski definition) is 2. The van der Waals surface area contributed by atoms with E-state index in [1.807, 2.05) is 19.1 Å². The standard InChI is InChI=1S/C18H16N4O4S/c1-10(19-18(24)12-4-3-5-14(8-12)22(25)26)17(23)21-13-6-7-15-16(9-13)27-11(2)20-15/h3-10H,1-2H3,(H,19,24)(H,21,23). The van der Waals surface area contributed by atoms with Gasteiger partial charge in [0.25, 0.3) is 11.6 Å². The molecule has 0 spiro atoms. The summed E-state index contributed by atoms with van der Waals surface area (Å²) in [6.07, 6.45) is 0. The van der Waals surface area contributed by atoms with Crippen LogP contribution in [-0.2, 0) is 4.79 Å². The molecule has 3 aromatic rings. The number of carbonyl (C=O) groups is 2. The van der Waals surface area contributed by atoms with Crippen molar-refractivity contribution in [3.8, 4) is 0 Å². The summed E-state index contributed by atoms with van der Waals surface area (Å²) in [4.78, 5) is 39.2. The lowest BCUT2D eigenvalue weighted by atomic mass is 10.1. The fourth-order valence-electron chi connectivity index (χ4n) is 2.47. The fraction of sp³-hybridized carbons (Fsp3) is 0.167. The van der Waals surface area contributed by atoms with E-state index in [1.54, 1.807) is 13.0 Å². The van der Waals surface area contributed by atoms with Gasteiger partial charge in [-0.15, -0.1) is 11.3 Å². The van der Waals surface area contributed by atoms with Crippen LogP contribution in [0.4, 0.5) is 11.4 Å². The predicted octanol–water partition coefficient (Wildman–Crippen LogP) is 3.27. The molecule has 8 nitrogen and oxygen atoms in total. The van der Waals surface area contributed by atoms with Crippen LogP contribution in [0.2, 0.25) is 0 Å². The highest BCUT2D eigenvalue weighted by Crippen LogP contribution is 2.24. The number of carbonyl (C=O) groups excluding carboxylic acids is 2. The Bertz CT molecular complexity index is 1050. The number of benzene rings is 2. The van der Waals surface area contributed by atoms with Crippen molar-refractivity contribution in [2.24, 2.45) is 0 Å². The molecule has 1 atom stereocenters. The SMILES string of the molecule is Cc1nc2ccc(NC(=O)C(C)NC(=O)c3cccc([N+](=O)[O-])c3)cc2s1. The molecule has 2 N–H and O–H groups in total. The molecule has 3 rings (SSSR count). The zero-order valence-corrected chi connectivity index (χ0v) is 15.4. The number of fused-ring (bicyclic) bond motifs is 1. The normalized spacial score (nSPS) is 11.8. The summed E-state index contributed by atoms with van der Waals surface area (Å²) in [5.74, 6) is -0.954. The second kappa shape index (κ2) is 7.50. The maximum atomic E-state index is 12.3. The second-order valence-electron chi connectivity index (χ2n) is 5.91. The van der Waals surface area contributed by atoms with Crippen molar-refractivity contribution in [1.82, 2.24) is 10.3 Å². The lowest BCUT2D eigenvalue weighted by Crippen LogP contribution is -2.41. The smallest absolute Gasteiger partial charge is 0.270 e. The minimum atomic E-state index is -0.823. The Hall–Kier alpha value is -3.33. The lowest BCUT2D eigenvalue weighted by Gasteiger charge is -2.14. The molecule has 138 valence electrons. The third-order valence-corrected chi connectivity index (χ3v) is 4.76. The molecule has 9 heteroatoms. The molecule has 0 radical (unpaired) electrons. The van der Waals surface area contributed by atoms with Crippen LogP contribution >= 0.6 is 11.3 Å². The highest BCUT2D eigenvalue weighted by molar-refractivity contribution is 7.18. The van der Waals surface area contributed by atoms with Crippen LogP contribution in [0, 0.1) is 17.0 Å². The van der Waals surface area contributed by atoms with E-state index in [4.69, 9.17) is 0 Å². The van der Waals surface area contributed by atoms with E-state index in [9.17, 15) is 19.7 Å². The predicted molar refractivity (Wildman–Crippen MR) is 103 cm³/mol. The van der Waals surface area contributed by atoms with Gasteiger partial charge in [-0.3, -0.25) is 19.7 Å². The first-order chi connectivity index (χ1) is 12.8. The van der Waals surface area contributed by atoms with E-state index in [-0.39, 0.29) is 11.3 Å². The Morgan fingerprint density at radius 1 is 1.22 bits per heavy atom. The highest BCUT2D eigenvalue weighted by Gasteiger charge is 2.18. The number of nitrogens with zero attached hydrogens (tertiary/aromatic N) is 2. The molecule has 2 amide bonds. The minimum absolute atomic E-state index is 0.116. The summed E-state index contributed by atoms with van der Waals surface area (Å²) in [5, 5.41) is 17.0. The first-order valence-corrected chi connectivity index (χ1v) is 8.88. The summed E-state index contributed by atoms with van der Waals surface area (Å²) in [6.45, 7) is 3.45. The van der Waals surface area contributed by atoms with Crippen LogP contribution in [-0.4, -0.2) is 27.8 Å². The van der Waals surface area contributed by atoms with E-state index in [0.717, 1.165) is 15.2 Å². The third kappa shape index (κ3) is 4.26. The number of aromatic nitrogens is 1. The largest absolute Gasteiger partial charge is 0.341 e. The van der Waals surface area contributed by atoms with Gasteiger partial charge in [0.15, 0.2) is 0 Å². The Morgan fingerprint density at radius 3 is 2.74 bits per heavy atom. The second-order valence-corrected chi connectivity index (χ2v) is 7.14. The van der Waals surface area contributed by atoms with Gasteiger partial charge in [0.1, 0.15) is 6.04 Å². The summed E-state index contributed by atoms with van der Waals surface area (Å²) in [7, 11) is 0. The quantitative estimate of drug-likeness (QED) is 0.518. The van der Waals surface area contributed by atoms with Gasteiger partial charge in [-0.2, -0.15) is 0 Å². The molecular formula is C18H16N4O4S. The van der Waals surface area contributed by atoms with Crippen molar-refractivity contribution in [3.05, 3.63) is 63.1 Å². The van der Waals surface area contributed by atoms with Crippen molar-refractivity contribution in [2.45, 2.75) is 19.9 Å². The van der Waals surface area contributed by atoms with E-state index in [1.165, 1.54) is 35.6 Å². The molecule has 0 saturated heterocycles. The van der Waals surface area contributed by atoms with Crippen LogP contribution in [0.3, 0.4) is 0 Å². The summed E-state index contributed by atoms with van der Waals surface area (Å²) in [5.41, 5.74) is 1.40. The first-order valence-electron chi connectivity index (χ1n) is 8.07. The van der Waals surface area contributed by atoms with Crippen molar-refractivity contribution in [2.75, 3.05) is 5.32 Å². The summed E-state index contributed by atoms with van der Waals surface area (Å²) < 4.78 is 0.957. The van der Waals surface area contributed by atoms with Gasteiger partial charge in [-0.1, -0.05) is 6.07 Å². The number of thiazole rings is 1. The molecule has 0 fully saturated rings. The lowest BCUT2D eigenvalue weighted by molar-refractivity contribution is -0.384. The van der Waals surface area contributed by atoms with Crippen LogP contribution in [0.1, 0.15) is 22.3 Å². The van der Waals surface area contributed by atoms with Gasteiger partial charge >= 0.3 is 0 Å². The average Bonchev–Trinajstić information content (AvgIpc) is 3.00. The number of nitrogens with one attached hydrogen (secondary N) is 2. The Morgan fingerprint density at radius 2 is 2.00 bits per heavy atom. The molecule has 1 heterocycles. The maximum Gasteiger partial charge on any atom is 0.270 e. The highest BCUT2D eigenvalue weighted by atomic mass is 32.1. The van der Waals surface area contributed by atoms with Gasteiger partial charge in [0.2, 0.25) is 5.91 Å². The molecule has 0 bridgehead atoms. The topological polar surface area (TPSA) is 114 Å². The van der Waals surface area contributed by atoms with Gasteiger partial charge in [0, 0.05) is 23.4 Å². The summed E-state index contributed by atoms with van der Waals surface area (Å²) >= 11 is 1.53. The van der Waals surface area contributed by atoms with Crippen LogP contribution in [0.5, 0.6) is 0 Å². The van der Waals surface area contributed by atoms with Crippen molar-refractivity contribution in [3.63, 3.8) is 0 Å². The Kier molecular flexibility index (Phi) is 5.13. The minimum Gasteiger partial charge on any atom is -0.341 e. The van der Waals surface area contributed by atoms with Gasteiger partial charge < -0.3 is 10.6 Å². The molecule has 0 aliphatic carbocycles. The average molecular weight is 384 g/mol. The Balaban J connectivity index is 1.66. The van der Waals surface area contributed by atoms with Crippen LogP contribution < -0.4 is 10.6 Å². The van der Waals surface area contributed by atoms with E-state index in [2.05, 4.69) is 15.6 Å². The van der Waals surface area contributed by atoms with Crippen LogP contribution in [0.25, 0.3) is 10.2 Å². The molecule has 1 unspecified atom stereocenters. The van der Waals surface area contributed by atoms with E-state index in [0.29, 0.717) is 5.69 Å². The Labute approximate surface area is 158 Å². The van der Waals surface area contributed by atoms with Crippen molar-refractivity contribution in [1.29, 1.82) is 0 Å². The molecule has 0 saturated carbocycles. The monoisotopic (exact) mass is 384 g/mol. The maximum absolute atomic E-state index is 12.3. The van der Waals surface area contributed by atoms with E-state index < -0.39 is 22.8 Å². The molecular weight excluding hydrogens is 368 g/mol. The number of nitro benzene ring substituents is 1. The number of hydrogen-bond acceptors (Lipinski definition) is 6. The molecule has 0 aliphatic heterocycles. The number of anilines is 1. The van der Waals surface area contributed by atoms with Crippen molar-refractivity contribution >= 4 is 44.7 Å². The number of aryl methyl sites for hydroxylation is 1. The fourth-order valence-corrected chi connectivity index (χ4v) is 3.34. The zero-order valence-electron chi connectivity index (χ0n) is 14.6. The molecule has 1 aromatic heterocycles. The van der Waals surface area contributed by atoms with Gasteiger partial charge in [-0.25, -0.2) is 4.98 Å². The number of non-ortho nitro benzene ring substituents is 1. The zero-order chi connectivity index (χ0) is 19.6. The van der Waals surface area contributed by atoms with Crippen LogP contribution in [0.15, 0.2) is 42.5 Å². The third-order valence-electron chi connectivity index (χ3n) is 3.82. The van der Waals surface area contributed by atoms with Crippen molar-refractivity contribution < 1.29 is 14.5 Å². The number of nitro groups is 1. The number of amides is 2. The van der Waals surface area contributed by atoms with E-state index >= 15 is 0 Å².